The van der Waals surface area contributed by atoms with E-state index >= 15 is 0 Å². The molecule has 0 aromatic carbocycles. The zero-order valence-electron chi connectivity index (χ0n) is 13.6. The van der Waals surface area contributed by atoms with Gasteiger partial charge in [-0.05, 0) is 25.2 Å². The highest BCUT2D eigenvalue weighted by atomic mass is 16.4. The number of hydrogen-bond acceptors (Lipinski definition) is 2. The summed E-state index contributed by atoms with van der Waals surface area (Å²) < 4.78 is 0. The maximum Gasteiger partial charge on any atom is 0.314 e. The number of carboxylic acid groups (broad SMARTS) is 1. The molecule has 0 bridgehead atoms. The third-order valence-electron chi connectivity index (χ3n) is 3.35. The van der Waals surface area contributed by atoms with Gasteiger partial charge in [0.1, 0.15) is 0 Å². The third kappa shape index (κ3) is 16.7. The Kier molecular flexibility index (Phi) is 12.9. The maximum absolute atomic E-state index is 11.4. The largest absolute Gasteiger partial charge is 0.481 e. The van der Waals surface area contributed by atoms with Gasteiger partial charge in [-0.3, -0.25) is 4.79 Å². The molecule has 0 spiro atoms. The summed E-state index contributed by atoms with van der Waals surface area (Å²) in [6.45, 7) is 5.83. The summed E-state index contributed by atoms with van der Waals surface area (Å²) in [4.78, 5) is 21.8. The van der Waals surface area contributed by atoms with Crippen LogP contribution in [0.3, 0.4) is 0 Å². The van der Waals surface area contributed by atoms with E-state index in [-0.39, 0.29) is 12.5 Å². The van der Waals surface area contributed by atoms with E-state index in [0.717, 1.165) is 31.7 Å². The predicted octanol–water partition coefficient (Wildman–Crippen LogP) is 3.54. The first-order valence-electron chi connectivity index (χ1n) is 8.26. The molecule has 0 atom stereocenters. The van der Waals surface area contributed by atoms with Crippen LogP contribution >= 0.6 is 0 Å². The summed E-state index contributed by atoms with van der Waals surface area (Å²) in [5.41, 5.74) is 0. The van der Waals surface area contributed by atoms with Gasteiger partial charge in [-0.1, -0.05) is 46.0 Å². The second-order valence-corrected chi connectivity index (χ2v) is 5.98. The van der Waals surface area contributed by atoms with Crippen LogP contribution in [0.4, 0.5) is 4.79 Å². The van der Waals surface area contributed by atoms with Crippen molar-refractivity contribution < 1.29 is 14.7 Å². The first kappa shape index (κ1) is 19.7. The molecule has 0 aromatic rings. The third-order valence-corrected chi connectivity index (χ3v) is 3.35. The monoisotopic (exact) mass is 300 g/mol. The summed E-state index contributed by atoms with van der Waals surface area (Å²) in [5.74, 6) is 0.0264. The Morgan fingerprint density at radius 1 is 0.857 bits per heavy atom. The predicted molar refractivity (Wildman–Crippen MR) is 85.4 cm³/mol. The first-order valence-corrected chi connectivity index (χ1v) is 8.26. The van der Waals surface area contributed by atoms with Crippen LogP contribution in [0, 0.1) is 5.92 Å². The van der Waals surface area contributed by atoms with Gasteiger partial charge in [0.15, 0.2) is 0 Å². The lowest BCUT2D eigenvalue weighted by atomic mass is 10.0. The van der Waals surface area contributed by atoms with Gasteiger partial charge in [-0.2, -0.15) is 0 Å². The van der Waals surface area contributed by atoms with Crippen molar-refractivity contribution in [2.24, 2.45) is 5.92 Å². The number of amides is 2. The van der Waals surface area contributed by atoms with Gasteiger partial charge in [0.05, 0.1) is 0 Å². The molecule has 21 heavy (non-hydrogen) atoms. The lowest BCUT2D eigenvalue weighted by Crippen LogP contribution is -2.36. The molecule has 124 valence electrons. The van der Waals surface area contributed by atoms with E-state index in [4.69, 9.17) is 5.11 Å². The Labute approximate surface area is 128 Å². The number of carbonyl (C=O) groups excluding carboxylic acids is 1. The minimum atomic E-state index is -0.755. The summed E-state index contributed by atoms with van der Waals surface area (Å²) in [6, 6.07) is -0.115. The zero-order chi connectivity index (χ0) is 15.9. The number of rotatable bonds is 13. The molecular weight excluding hydrogens is 268 g/mol. The van der Waals surface area contributed by atoms with Crippen LogP contribution in [0.5, 0.6) is 0 Å². The van der Waals surface area contributed by atoms with Gasteiger partial charge in [-0.15, -0.1) is 0 Å². The van der Waals surface area contributed by atoms with Crippen molar-refractivity contribution in [2.45, 2.75) is 71.6 Å². The average Bonchev–Trinajstić information content (AvgIpc) is 2.41. The topological polar surface area (TPSA) is 78.4 Å². The van der Waals surface area contributed by atoms with E-state index in [1.807, 2.05) is 0 Å². The minimum Gasteiger partial charge on any atom is -0.481 e. The van der Waals surface area contributed by atoms with Crippen LogP contribution in [0.2, 0.25) is 0 Å². The molecule has 0 rings (SSSR count). The number of carboxylic acids is 1. The Morgan fingerprint density at radius 2 is 1.38 bits per heavy atom. The van der Waals surface area contributed by atoms with Gasteiger partial charge in [-0.25, -0.2) is 4.79 Å². The van der Waals surface area contributed by atoms with Gasteiger partial charge in [0.2, 0.25) is 0 Å². The van der Waals surface area contributed by atoms with Crippen molar-refractivity contribution in [2.75, 3.05) is 13.1 Å². The second kappa shape index (κ2) is 13.7. The summed E-state index contributed by atoms with van der Waals surface area (Å²) in [6.07, 6.45) is 8.56. The highest BCUT2D eigenvalue weighted by Crippen LogP contribution is 2.08. The van der Waals surface area contributed by atoms with Gasteiger partial charge in [0, 0.05) is 19.5 Å². The Bertz CT molecular complexity index is 281. The highest BCUT2D eigenvalue weighted by Gasteiger charge is 2.00. The molecule has 0 heterocycles. The van der Waals surface area contributed by atoms with Crippen LogP contribution in [-0.2, 0) is 4.79 Å². The molecule has 0 fully saturated rings. The molecule has 3 N–H and O–H groups in total. The Balaban J connectivity index is 3.22. The van der Waals surface area contributed by atoms with E-state index in [1.54, 1.807) is 0 Å². The number of nitrogens with one attached hydrogen (secondary N) is 2. The molecule has 0 aromatic heterocycles. The van der Waals surface area contributed by atoms with Crippen molar-refractivity contribution in [3.8, 4) is 0 Å². The molecular formula is C16H32N2O3. The first-order chi connectivity index (χ1) is 10.0. The number of hydrogen-bond donors (Lipinski definition) is 3. The van der Waals surface area contributed by atoms with Gasteiger partial charge in [0.25, 0.3) is 0 Å². The molecule has 0 aliphatic rings. The van der Waals surface area contributed by atoms with Crippen molar-refractivity contribution in [1.82, 2.24) is 10.6 Å². The number of aliphatic carboxylic acids is 1. The standard InChI is InChI=1S/C16H32N2O3/c1-14(2)10-6-3-4-8-12-17-16(21)18-13-9-5-7-11-15(19)20/h14H,3-13H2,1-2H3,(H,19,20)(H2,17,18,21). The maximum atomic E-state index is 11.4. The molecule has 0 radical (unpaired) electrons. The van der Waals surface area contributed by atoms with Crippen LogP contribution in [-0.4, -0.2) is 30.2 Å². The molecule has 0 unspecified atom stereocenters. The molecule has 5 nitrogen and oxygen atoms in total. The van der Waals surface area contributed by atoms with E-state index < -0.39 is 5.97 Å². The molecule has 0 saturated carbocycles. The molecule has 0 aliphatic heterocycles. The normalized spacial score (nSPS) is 10.6. The smallest absolute Gasteiger partial charge is 0.314 e. The van der Waals surface area contributed by atoms with Crippen LogP contribution < -0.4 is 10.6 Å². The van der Waals surface area contributed by atoms with Crippen LogP contribution in [0.25, 0.3) is 0 Å². The van der Waals surface area contributed by atoms with Crippen molar-refractivity contribution in [1.29, 1.82) is 0 Å². The molecule has 0 aliphatic carbocycles. The fourth-order valence-electron chi connectivity index (χ4n) is 2.08. The molecule has 0 saturated heterocycles. The van der Waals surface area contributed by atoms with Crippen molar-refractivity contribution in [3.05, 3.63) is 0 Å². The zero-order valence-corrected chi connectivity index (χ0v) is 13.6. The highest BCUT2D eigenvalue weighted by molar-refractivity contribution is 5.73. The average molecular weight is 300 g/mol. The van der Waals surface area contributed by atoms with Crippen molar-refractivity contribution >= 4 is 12.0 Å². The fourth-order valence-corrected chi connectivity index (χ4v) is 2.08. The summed E-state index contributed by atoms with van der Waals surface area (Å²) >= 11 is 0. The minimum absolute atomic E-state index is 0.115. The van der Waals surface area contributed by atoms with Crippen LogP contribution in [0.1, 0.15) is 71.6 Å². The Hall–Kier alpha value is -1.26. The van der Waals surface area contributed by atoms with Crippen LogP contribution in [0.15, 0.2) is 0 Å². The number of carbonyl (C=O) groups is 2. The molecule has 5 heteroatoms. The molecule has 2 amide bonds. The quantitative estimate of drug-likeness (QED) is 0.455. The van der Waals surface area contributed by atoms with Crippen molar-refractivity contribution in [3.63, 3.8) is 0 Å². The van der Waals surface area contributed by atoms with Gasteiger partial charge >= 0.3 is 12.0 Å². The second-order valence-electron chi connectivity index (χ2n) is 5.98. The summed E-state index contributed by atoms with van der Waals surface area (Å²) in [7, 11) is 0. The van der Waals surface area contributed by atoms with E-state index in [2.05, 4.69) is 24.5 Å². The lowest BCUT2D eigenvalue weighted by molar-refractivity contribution is -0.137. The number of unbranched alkanes of at least 4 members (excludes halogenated alkanes) is 5. The fraction of sp³-hybridized carbons (Fsp3) is 0.875. The lowest BCUT2D eigenvalue weighted by Gasteiger charge is -2.08. The van der Waals surface area contributed by atoms with Gasteiger partial charge < -0.3 is 15.7 Å². The Morgan fingerprint density at radius 3 is 1.90 bits per heavy atom. The van der Waals surface area contributed by atoms with E-state index in [1.165, 1.54) is 25.7 Å². The summed E-state index contributed by atoms with van der Waals surface area (Å²) in [5, 5.41) is 14.1. The SMILES string of the molecule is CC(C)CCCCCCNC(=O)NCCCCCC(=O)O. The van der Waals surface area contributed by atoms with E-state index in [9.17, 15) is 9.59 Å². The van der Waals surface area contributed by atoms with E-state index in [0.29, 0.717) is 13.0 Å². The number of urea groups is 1.